The predicted molar refractivity (Wildman–Crippen MR) is 94.8 cm³/mol. The molecule has 9 nitrogen and oxygen atoms in total. The van der Waals surface area contributed by atoms with Gasteiger partial charge >= 0.3 is 5.97 Å². The number of primary amides is 1. The summed E-state index contributed by atoms with van der Waals surface area (Å²) in [5, 5.41) is 11.6. The fourth-order valence-corrected chi connectivity index (χ4v) is 2.81. The molecular formula is C17H22N4O5. The Kier molecular flexibility index (Phi) is 6.29. The molecule has 0 aliphatic carbocycles. The topological polar surface area (TPSA) is 139 Å². The van der Waals surface area contributed by atoms with Crippen LogP contribution in [-0.2, 0) is 9.59 Å². The van der Waals surface area contributed by atoms with Crippen LogP contribution in [-0.4, -0.2) is 53.4 Å². The third-order valence-electron chi connectivity index (χ3n) is 4.10. The van der Waals surface area contributed by atoms with E-state index in [0.717, 1.165) is 31.6 Å². The monoisotopic (exact) mass is 362 g/mol. The number of nitrogens with zero attached hydrogens (tertiary/aromatic N) is 2. The van der Waals surface area contributed by atoms with Crippen LogP contribution in [0.1, 0.15) is 29.1 Å². The number of carboxylic acid groups (broad SMARTS) is 1. The van der Waals surface area contributed by atoms with Crippen molar-refractivity contribution < 1.29 is 23.9 Å². The first kappa shape index (κ1) is 19.4. The highest BCUT2D eigenvalue weighted by Gasteiger charge is 2.22. The lowest BCUT2D eigenvalue weighted by molar-refractivity contribution is -0.143. The zero-order chi connectivity index (χ0) is 19.3. The lowest BCUT2D eigenvalue weighted by atomic mass is 9.99. The van der Waals surface area contributed by atoms with Crippen LogP contribution in [0.15, 0.2) is 16.5 Å². The zero-order valence-electron chi connectivity index (χ0n) is 14.7. The van der Waals surface area contributed by atoms with E-state index >= 15 is 0 Å². The molecule has 1 aliphatic heterocycles. The highest BCUT2D eigenvalue weighted by molar-refractivity contribution is 6.07. The van der Waals surface area contributed by atoms with E-state index in [0.29, 0.717) is 11.8 Å². The van der Waals surface area contributed by atoms with Crippen molar-refractivity contribution in [3.8, 4) is 0 Å². The lowest BCUT2D eigenvalue weighted by Gasteiger charge is -2.26. The maximum atomic E-state index is 11.1. The number of pyridine rings is 1. The van der Waals surface area contributed by atoms with Crippen molar-refractivity contribution in [2.24, 2.45) is 11.7 Å². The number of aliphatic carboxylic acids is 1. The van der Waals surface area contributed by atoms with Gasteiger partial charge in [-0.25, -0.2) is 4.98 Å². The number of aromatic nitrogens is 1. The lowest BCUT2D eigenvalue weighted by Crippen LogP contribution is -2.35. The van der Waals surface area contributed by atoms with Crippen LogP contribution in [0.2, 0.25) is 0 Å². The molecular weight excluding hydrogens is 340 g/mol. The highest BCUT2D eigenvalue weighted by atomic mass is 16.4. The Hall–Kier alpha value is -2.94. The fourth-order valence-electron chi connectivity index (χ4n) is 2.81. The summed E-state index contributed by atoms with van der Waals surface area (Å²) in [4.78, 5) is 38.2. The number of rotatable bonds is 4. The molecule has 140 valence electrons. The summed E-state index contributed by atoms with van der Waals surface area (Å²) in [6, 6.07) is 3.46. The van der Waals surface area contributed by atoms with E-state index in [1.165, 1.54) is 0 Å². The first-order chi connectivity index (χ1) is 12.3. The molecule has 0 spiro atoms. The molecule has 3 heterocycles. The summed E-state index contributed by atoms with van der Waals surface area (Å²) in [6.07, 6.45) is 2.32. The molecule has 1 atom stereocenters. The van der Waals surface area contributed by atoms with Crippen molar-refractivity contribution in [1.29, 1.82) is 0 Å². The van der Waals surface area contributed by atoms with Crippen molar-refractivity contribution in [1.82, 2.24) is 9.88 Å². The van der Waals surface area contributed by atoms with Crippen LogP contribution in [0, 0.1) is 12.8 Å². The molecule has 0 radical (unpaired) electrons. The zero-order valence-corrected chi connectivity index (χ0v) is 14.7. The number of furan rings is 1. The van der Waals surface area contributed by atoms with Crippen LogP contribution in [0.25, 0.3) is 11.1 Å². The minimum atomic E-state index is -0.750. The Balaban J connectivity index is 0.000000209. The summed E-state index contributed by atoms with van der Waals surface area (Å²) in [6.45, 7) is 3.55. The first-order valence-electron chi connectivity index (χ1n) is 8.15. The van der Waals surface area contributed by atoms with Crippen molar-refractivity contribution in [3.05, 3.63) is 23.6 Å². The quantitative estimate of drug-likeness (QED) is 0.695. The van der Waals surface area contributed by atoms with Gasteiger partial charge < -0.3 is 25.5 Å². The number of fused-ring (bicyclic) bond motifs is 1. The molecule has 1 fully saturated rings. The van der Waals surface area contributed by atoms with Crippen molar-refractivity contribution >= 4 is 35.1 Å². The van der Waals surface area contributed by atoms with Crippen LogP contribution in [0.5, 0.6) is 0 Å². The summed E-state index contributed by atoms with van der Waals surface area (Å²) < 4.78 is 5.19. The van der Waals surface area contributed by atoms with E-state index in [2.05, 4.69) is 15.2 Å². The average Bonchev–Trinajstić information content (AvgIpc) is 2.94. The number of nitrogens with one attached hydrogen (secondary N) is 1. The number of likely N-dealkylation sites (tertiary alicyclic amines) is 1. The number of piperidine rings is 1. The molecule has 1 saturated heterocycles. The van der Waals surface area contributed by atoms with Gasteiger partial charge in [0.05, 0.1) is 11.3 Å². The van der Waals surface area contributed by atoms with Gasteiger partial charge in [0.1, 0.15) is 5.69 Å². The predicted octanol–water partition coefficient (Wildman–Crippen LogP) is 1.22. The number of carbonyl (C=O) groups is 3. The van der Waals surface area contributed by atoms with Crippen LogP contribution >= 0.6 is 0 Å². The van der Waals surface area contributed by atoms with Gasteiger partial charge in [0.25, 0.3) is 5.91 Å². The van der Waals surface area contributed by atoms with Crippen molar-refractivity contribution in [3.63, 3.8) is 0 Å². The van der Waals surface area contributed by atoms with E-state index in [4.69, 9.17) is 15.3 Å². The van der Waals surface area contributed by atoms with Gasteiger partial charge in [0.15, 0.2) is 0 Å². The number of hydrogen-bond acceptors (Lipinski definition) is 6. The number of anilines is 1. The molecule has 2 amide bonds. The molecule has 9 heteroatoms. The summed E-state index contributed by atoms with van der Waals surface area (Å²) in [7, 11) is 1.97. The number of aryl methyl sites for hydroxylation is 1. The van der Waals surface area contributed by atoms with Gasteiger partial charge in [-0.2, -0.15) is 0 Å². The number of nitrogens with two attached hydrogens (primary N) is 1. The molecule has 1 unspecified atom stereocenters. The second-order valence-corrected chi connectivity index (χ2v) is 6.18. The first-order valence-corrected chi connectivity index (χ1v) is 8.15. The average molecular weight is 362 g/mol. The number of amides is 2. The minimum Gasteiger partial charge on any atom is -0.481 e. The van der Waals surface area contributed by atoms with Gasteiger partial charge in [-0.15, -0.1) is 0 Å². The van der Waals surface area contributed by atoms with Gasteiger partial charge in [-0.1, -0.05) is 0 Å². The Morgan fingerprint density at radius 1 is 1.46 bits per heavy atom. The molecule has 3 rings (SSSR count). The summed E-state index contributed by atoms with van der Waals surface area (Å²) >= 11 is 0. The maximum absolute atomic E-state index is 11.1. The molecule has 0 bridgehead atoms. The molecule has 2 aromatic heterocycles. The number of carboxylic acids is 1. The normalized spacial score (nSPS) is 17.2. The highest BCUT2D eigenvalue weighted by Crippen LogP contribution is 2.29. The fraction of sp³-hybridized carbons (Fsp3) is 0.412. The smallest absolute Gasteiger partial charge is 0.307 e. The van der Waals surface area contributed by atoms with Crippen LogP contribution < -0.4 is 11.1 Å². The Bertz CT molecular complexity index is 817. The second-order valence-electron chi connectivity index (χ2n) is 6.18. The van der Waals surface area contributed by atoms with Crippen molar-refractivity contribution in [2.75, 3.05) is 25.5 Å². The molecule has 0 aromatic carbocycles. The summed E-state index contributed by atoms with van der Waals surface area (Å²) in [5.74, 6) is -1.62. The number of carbonyl (C=O) groups excluding carboxylic acids is 2. The molecule has 0 saturated carbocycles. The Morgan fingerprint density at radius 3 is 2.73 bits per heavy atom. The maximum Gasteiger partial charge on any atom is 0.307 e. The van der Waals surface area contributed by atoms with Crippen LogP contribution in [0.3, 0.4) is 0 Å². The van der Waals surface area contributed by atoms with Gasteiger partial charge in [0, 0.05) is 12.2 Å². The van der Waals surface area contributed by atoms with E-state index < -0.39 is 11.9 Å². The standard InChI is InChI=1S/C10H9N3O3.C7H13NO2/c1-5-2-3-6-7(12-4-14)8(9(11)15)16-10(6)13-5;1-8-4-2-3-6(5-8)7(9)10/h2-4H,1H3,(H2,11,15)(H,12,14);6H,2-5H2,1H3,(H,9,10). The number of hydrogen-bond donors (Lipinski definition) is 3. The Labute approximate surface area is 150 Å². The molecule has 1 aliphatic rings. The molecule has 2 aromatic rings. The summed E-state index contributed by atoms with van der Waals surface area (Å²) in [5.41, 5.74) is 6.41. The van der Waals surface area contributed by atoms with Crippen molar-refractivity contribution in [2.45, 2.75) is 19.8 Å². The second kappa shape index (κ2) is 8.43. The Morgan fingerprint density at radius 2 is 2.19 bits per heavy atom. The minimum absolute atomic E-state index is 0.0970. The third kappa shape index (κ3) is 4.57. The third-order valence-corrected chi connectivity index (χ3v) is 4.10. The molecule has 4 N–H and O–H groups in total. The van der Waals surface area contributed by atoms with Gasteiger partial charge in [-0.05, 0) is 45.5 Å². The van der Waals surface area contributed by atoms with E-state index in [1.54, 1.807) is 19.1 Å². The van der Waals surface area contributed by atoms with Gasteiger partial charge in [0.2, 0.25) is 17.9 Å². The SMILES string of the molecule is CN1CCCC(C(=O)O)C1.Cc1ccc2c(NC=O)c(C(N)=O)oc2n1. The van der Waals surface area contributed by atoms with Gasteiger partial charge in [-0.3, -0.25) is 14.4 Å². The largest absolute Gasteiger partial charge is 0.481 e. The van der Waals surface area contributed by atoms with E-state index in [1.807, 2.05) is 7.05 Å². The van der Waals surface area contributed by atoms with E-state index in [-0.39, 0.29) is 23.1 Å². The molecule has 26 heavy (non-hydrogen) atoms. The van der Waals surface area contributed by atoms with Crippen LogP contribution in [0.4, 0.5) is 5.69 Å². The van der Waals surface area contributed by atoms with E-state index in [9.17, 15) is 14.4 Å².